The van der Waals surface area contributed by atoms with Crippen LogP contribution >= 0.6 is 0 Å². The predicted molar refractivity (Wildman–Crippen MR) is 71.4 cm³/mol. The number of hydrogen-bond acceptors (Lipinski definition) is 5. The van der Waals surface area contributed by atoms with Gasteiger partial charge in [-0.25, -0.2) is 9.78 Å². The van der Waals surface area contributed by atoms with E-state index in [1.54, 1.807) is 32.2 Å². The summed E-state index contributed by atoms with van der Waals surface area (Å²) in [5, 5.41) is 2.58. The number of nitrogens with one attached hydrogen (secondary N) is 1. The number of ether oxygens (including phenoxy) is 1. The summed E-state index contributed by atoms with van der Waals surface area (Å²) in [6.45, 7) is 1.98. The molecule has 2 rings (SSSR count). The van der Waals surface area contributed by atoms with Crippen LogP contribution in [-0.2, 0) is 11.8 Å². The highest BCUT2D eigenvalue weighted by Gasteiger charge is 2.16. The van der Waals surface area contributed by atoms with Crippen molar-refractivity contribution in [1.29, 1.82) is 0 Å². The molecule has 2 aromatic rings. The van der Waals surface area contributed by atoms with Crippen molar-refractivity contribution in [2.45, 2.75) is 6.92 Å². The Labute approximate surface area is 115 Å². The highest BCUT2D eigenvalue weighted by molar-refractivity contribution is 6.02. The van der Waals surface area contributed by atoms with Crippen LogP contribution in [0.2, 0.25) is 0 Å². The van der Waals surface area contributed by atoms with E-state index in [1.807, 2.05) is 0 Å². The van der Waals surface area contributed by atoms with Gasteiger partial charge in [-0.2, -0.15) is 0 Å². The number of carbonyl (C=O) groups is 2. The van der Waals surface area contributed by atoms with Crippen LogP contribution in [0.3, 0.4) is 0 Å². The first-order chi connectivity index (χ1) is 9.61. The summed E-state index contributed by atoms with van der Waals surface area (Å²) in [6, 6.07) is 5.02. The van der Waals surface area contributed by atoms with Gasteiger partial charge in [0.25, 0.3) is 5.91 Å². The van der Waals surface area contributed by atoms with Crippen molar-refractivity contribution < 1.29 is 14.3 Å². The van der Waals surface area contributed by atoms with Crippen LogP contribution < -0.4 is 5.32 Å². The third-order valence-corrected chi connectivity index (χ3v) is 2.47. The van der Waals surface area contributed by atoms with Gasteiger partial charge in [0.2, 0.25) is 5.82 Å². The first kappa shape index (κ1) is 13.7. The summed E-state index contributed by atoms with van der Waals surface area (Å²) < 4.78 is 6.36. The highest BCUT2D eigenvalue weighted by atomic mass is 16.5. The molecule has 2 heterocycles. The smallest absolute Gasteiger partial charge is 0.374 e. The second-order valence-electron chi connectivity index (χ2n) is 3.95. The summed E-state index contributed by atoms with van der Waals surface area (Å²) in [5.41, 5.74) is 0.274. The second kappa shape index (κ2) is 5.96. The molecule has 0 spiro atoms. The van der Waals surface area contributed by atoms with Crippen molar-refractivity contribution >= 4 is 17.7 Å². The number of hydrogen-bond donors (Lipinski definition) is 1. The average Bonchev–Trinajstić information content (AvgIpc) is 2.81. The van der Waals surface area contributed by atoms with E-state index in [0.29, 0.717) is 0 Å². The van der Waals surface area contributed by atoms with Crippen LogP contribution in [0, 0.1) is 0 Å². The molecule has 0 aliphatic carbocycles. The monoisotopic (exact) mass is 274 g/mol. The van der Waals surface area contributed by atoms with Gasteiger partial charge in [-0.15, -0.1) is 0 Å². The summed E-state index contributed by atoms with van der Waals surface area (Å²) in [7, 11) is 1.65. The van der Waals surface area contributed by atoms with Gasteiger partial charge in [-0.3, -0.25) is 9.78 Å². The number of carbonyl (C=O) groups excluding carboxylic acids is 2. The Kier molecular flexibility index (Phi) is 4.09. The van der Waals surface area contributed by atoms with E-state index in [2.05, 4.69) is 15.3 Å². The van der Waals surface area contributed by atoms with Crippen LogP contribution in [0.4, 0.5) is 5.82 Å². The van der Waals surface area contributed by atoms with Crippen molar-refractivity contribution in [1.82, 2.24) is 14.5 Å². The molecule has 0 aliphatic heterocycles. The Hall–Kier alpha value is -2.70. The maximum atomic E-state index is 11.9. The third kappa shape index (κ3) is 3.00. The zero-order valence-corrected chi connectivity index (χ0v) is 11.2. The highest BCUT2D eigenvalue weighted by Crippen LogP contribution is 2.09. The molecular weight excluding hydrogens is 260 g/mol. The molecule has 1 N–H and O–H groups in total. The van der Waals surface area contributed by atoms with Gasteiger partial charge in [0.05, 0.1) is 6.61 Å². The molecule has 0 saturated carbocycles. The zero-order valence-electron chi connectivity index (χ0n) is 11.2. The molecule has 0 fully saturated rings. The maximum Gasteiger partial charge on any atom is 0.374 e. The van der Waals surface area contributed by atoms with Crippen LogP contribution in [0.25, 0.3) is 0 Å². The number of imidazole rings is 1. The molecule has 7 nitrogen and oxygen atoms in total. The molecule has 0 aliphatic rings. The molecule has 7 heteroatoms. The fourth-order valence-corrected chi connectivity index (χ4v) is 1.59. The summed E-state index contributed by atoms with van der Waals surface area (Å²) in [4.78, 5) is 31.4. The number of rotatable bonds is 4. The summed E-state index contributed by atoms with van der Waals surface area (Å²) >= 11 is 0. The van der Waals surface area contributed by atoms with Crippen LogP contribution in [-0.4, -0.2) is 33.0 Å². The van der Waals surface area contributed by atoms with Gasteiger partial charge >= 0.3 is 5.97 Å². The van der Waals surface area contributed by atoms with Crippen molar-refractivity contribution in [2.24, 2.45) is 7.05 Å². The van der Waals surface area contributed by atoms with Crippen molar-refractivity contribution in [3.63, 3.8) is 0 Å². The Morgan fingerprint density at radius 1 is 1.40 bits per heavy atom. The van der Waals surface area contributed by atoms with Crippen molar-refractivity contribution in [3.8, 4) is 0 Å². The Bertz CT molecular complexity index is 622. The topological polar surface area (TPSA) is 86.1 Å². The number of amides is 1. The van der Waals surface area contributed by atoms with E-state index in [1.165, 1.54) is 17.0 Å². The van der Waals surface area contributed by atoms with Crippen LogP contribution in [0.5, 0.6) is 0 Å². The lowest BCUT2D eigenvalue weighted by Crippen LogP contribution is -2.14. The van der Waals surface area contributed by atoms with E-state index in [0.717, 1.165) is 0 Å². The number of pyridine rings is 1. The van der Waals surface area contributed by atoms with Crippen molar-refractivity contribution in [3.05, 3.63) is 42.1 Å². The number of aromatic nitrogens is 3. The van der Waals surface area contributed by atoms with Crippen LogP contribution in [0.1, 0.15) is 28.0 Å². The number of anilines is 1. The van der Waals surface area contributed by atoms with Crippen LogP contribution in [0.15, 0.2) is 30.6 Å². The normalized spacial score (nSPS) is 10.1. The van der Waals surface area contributed by atoms with Gasteiger partial charge in [0.1, 0.15) is 5.69 Å². The molecule has 0 bridgehead atoms. The summed E-state index contributed by atoms with van der Waals surface area (Å²) in [5.74, 6) is -0.526. The Balaban J connectivity index is 2.13. The van der Waals surface area contributed by atoms with E-state index in [9.17, 15) is 9.59 Å². The minimum absolute atomic E-state index is 0.128. The molecular formula is C13H14N4O3. The number of aryl methyl sites for hydroxylation is 1. The van der Waals surface area contributed by atoms with E-state index < -0.39 is 5.97 Å². The maximum absolute atomic E-state index is 11.9. The van der Waals surface area contributed by atoms with Gasteiger partial charge in [0.15, 0.2) is 5.82 Å². The molecule has 0 unspecified atom stereocenters. The quantitative estimate of drug-likeness (QED) is 0.848. The Morgan fingerprint density at radius 3 is 2.85 bits per heavy atom. The molecule has 0 atom stereocenters. The SMILES string of the molecule is CCOC(=O)c1nc(NC(=O)c2ccccn2)cn1C. The lowest BCUT2D eigenvalue weighted by Gasteiger charge is -2.00. The third-order valence-electron chi connectivity index (χ3n) is 2.47. The molecule has 104 valence electrons. The van der Waals surface area contributed by atoms with Gasteiger partial charge in [0, 0.05) is 19.4 Å². The van der Waals surface area contributed by atoms with Gasteiger partial charge in [-0.1, -0.05) is 6.07 Å². The second-order valence-corrected chi connectivity index (χ2v) is 3.95. The molecule has 2 aromatic heterocycles. The van der Waals surface area contributed by atoms with E-state index in [-0.39, 0.29) is 29.9 Å². The Morgan fingerprint density at radius 2 is 2.20 bits per heavy atom. The number of esters is 1. The molecule has 0 saturated heterocycles. The van der Waals surface area contributed by atoms with E-state index in [4.69, 9.17) is 4.74 Å². The molecule has 0 radical (unpaired) electrons. The standard InChI is InChI=1S/C13H14N4O3/c1-3-20-13(19)11-15-10(8-17(11)2)16-12(18)9-6-4-5-7-14-9/h4-8H,3H2,1-2H3,(H,16,18). The van der Waals surface area contributed by atoms with Crippen molar-refractivity contribution in [2.75, 3.05) is 11.9 Å². The largest absolute Gasteiger partial charge is 0.460 e. The summed E-state index contributed by atoms with van der Waals surface area (Å²) in [6.07, 6.45) is 3.06. The van der Waals surface area contributed by atoms with Gasteiger partial charge in [-0.05, 0) is 19.1 Å². The van der Waals surface area contributed by atoms with E-state index >= 15 is 0 Å². The fraction of sp³-hybridized carbons (Fsp3) is 0.231. The molecule has 20 heavy (non-hydrogen) atoms. The first-order valence-corrected chi connectivity index (χ1v) is 6.04. The first-order valence-electron chi connectivity index (χ1n) is 6.04. The lowest BCUT2D eigenvalue weighted by atomic mass is 10.3. The predicted octanol–water partition coefficient (Wildman–Crippen LogP) is 1.24. The molecule has 0 aromatic carbocycles. The molecule has 1 amide bonds. The average molecular weight is 274 g/mol. The minimum atomic E-state index is -0.534. The zero-order chi connectivity index (χ0) is 14.5. The lowest BCUT2D eigenvalue weighted by molar-refractivity contribution is 0.0508. The number of nitrogens with zero attached hydrogens (tertiary/aromatic N) is 3. The fourth-order valence-electron chi connectivity index (χ4n) is 1.59. The minimum Gasteiger partial charge on any atom is -0.460 e. The van der Waals surface area contributed by atoms with Gasteiger partial charge < -0.3 is 14.6 Å².